The number of nitrogens with two attached hydrogens (primary N) is 1. The molecule has 9 heteroatoms. The van der Waals surface area contributed by atoms with Gasteiger partial charge in [0.15, 0.2) is 5.96 Å². The van der Waals surface area contributed by atoms with Crippen molar-refractivity contribution < 1.29 is 8.42 Å². The molecule has 0 aromatic heterocycles. The van der Waals surface area contributed by atoms with Gasteiger partial charge in [-0.05, 0) is 23.3 Å². The van der Waals surface area contributed by atoms with Crippen molar-refractivity contribution in [2.24, 2.45) is 10.1 Å². The first kappa shape index (κ1) is 23.6. The van der Waals surface area contributed by atoms with Crippen molar-refractivity contribution in [3.8, 4) is 0 Å². The second kappa shape index (κ2) is 10.9. The lowest BCUT2D eigenvalue weighted by Crippen LogP contribution is -2.52. The number of halogens is 1. The molecule has 0 atom stereocenters. The van der Waals surface area contributed by atoms with Crippen molar-refractivity contribution in [1.29, 1.82) is 0 Å². The summed E-state index contributed by atoms with van der Waals surface area (Å²) in [5.41, 5.74) is 2.17. The zero-order valence-corrected chi connectivity index (χ0v) is 19.6. The third kappa shape index (κ3) is 6.95. The molecule has 0 radical (unpaired) electrons. The number of nitrogens with zero attached hydrogens (tertiary/aromatic N) is 3. The number of hydrogen-bond donors (Lipinski definition) is 2. The highest BCUT2D eigenvalue weighted by Gasteiger charge is 2.19. The molecule has 158 valence electrons. The molecule has 0 aliphatic carbocycles. The number of benzene rings is 2. The number of hydrogen-bond acceptors (Lipinski definition) is 4. The fraction of sp³-hybridized carbons (Fsp3) is 0.350. The molecule has 0 saturated carbocycles. The summed E-state index contributed by atoms with van der Waals surface area (Å²) in [6.07, 6.45) is 0. The van der Waals surface area contributed by atoms with Crippen molar-refractivity contribution in [2.45, 2.75) is 18.0 Å². The van der Waals surface area contributed by atoms with Crippen LogP contribution in [0.15, 0.2) is 64.5 Å². The molecule has 2 aromatic rings. The molecule has 0 bridgehead atoms. The van der Waals surface area contributed by atoms with E-state index in [4.69, 9.17) is 5.14 Å². The first-order valence-electron chi connectivity index (χ1n) is 9.29. The molecule has 0 unspecified atom stereocenters. The van der Waals surface area contributed by atoms with Crippen LogP contribution in [0, 0.1) is 0 Å². The Labute approximate surface area is 190 Å². The number of nitrogens with one attached hydrogen (secondary N) is 1. The second-order valence-corrected chi connectivity index (χ2v) is 8.40. The molecule has 1 heterocycles. The largest absolute Gasteiger partial charge is 0.352 e. The summed E-state index contributed by atoms with van der Waals surface area (Å²) in [5, 5.41) is 8.53. The van der Waals surface area contributed by atoms with Crippen LogP contribution in [-0.2, 0) is 23.1 Å². The molecular weight excluding hydrogens is 501 g/mol. The first-order valence-corrected chi connectivity index (χ1v) is 10.8. The fourth-order valence-corrected chi connectivity index (χ4v) is 3.89. The number of sulfonamides is 1. The number of aliphatic imine (C=N–C) groups is 1. The van der Waals surface area contributed by atoms with Gasteiger partial charge < -0.3 is 10.2 Å². The highest BCUT2D eigenvalue weighted by molar-refractivity contribution is 14.0. The minimum Gasteiger partial charge on any atom is -0.352 e. The van der Waals surface area contributed by atoms with Gasteiger partial charge in [-0.25, -0.2) is 13.6 Å². The maximum Gasteiger partial charge on any atom is 0.238 e. The van der Waals surface area contributed by atoms with Gasteiger partial charge in [0.2, 0.25) is 10.0 Å². The van der Waals surface area contributed by atoms with Crippen LogP contribution < -0.4 is 10.5 Å². The van der Waals surface area contributed by atoms with Gasteiger partial charge in [-0.15, -0.1) is 24.0 Å². The van der Waals surface area contributed by atoms with Crippen LogP contribution in [0.4, 0.5) is 0 Å². The van der Waals surface area contributed by atoms with Gasteiger partial charge in [0.05, 0.1) is 4.90 Å². The molecule has 7 nitrogen and oxygen atoms in total. The summed E-state index contributed by atoms with van der Waals surface area (Å²) in [6.45, 7) is 5.17. The predicted octanol–water partition coefficient (Wildman–Crippen LogP) is 1.85. The van der Waals surface area contributed by atoms with E-state index in [0.29, 0.717) is 6.54 Å². The van der Waals surface area contributed by atoms with E-state index in [1.807, 2.05) is 12.1 Å². The van der Waals surface area contributed by atoms with Crippen LogP contribution in [0.1, 0.15) is 11.1 Å². The average molecular weight is 529 g/mol. The second-order valence-electron chi connectivity index (χ2n) is 6.84. The molecule has 29 heavy (non-hydrogen) atoms. The topological polar surface area (TPSA) is 91.0 Å². The maximum absolute atomic E-state index is 11.5. The van der Waals surface area contributed by atoms with Crippen LogP contribution >= 0.6 is 24.0 Å². The number of primary sulfonamides is 1. The van der Waals surface area contributed by atoms with E-state index in [2.05, 4.69) is 44.4 Å². The average Bonchev–Trinajstić information content (AvgIpc) is 2.70. The van der Waals surface area contributed by atoms with Crippen molar-refractivity contribution >= 4 is 40.0 Å². The summed E-state index contributed by atoms with van der Waals surface area (Å²) in [6, 6.07) is 17.1. The first-order chi connectivity index (χ1) is 13.5. The van der Waals surface area contributed by atoms with E-state index >= 15 is 0 Å². The van der Waals surface area contributed by atoms with E-state index in [0.717, 1.165) is 44.2 Å². The number of piperazine rings is 1. The van der Waals surface area contributed by atoms with Crippen LogP contribution in [0.25, 0.3) is 0 Å². The molecule has 1 aliphatic rings. The lowest BCUT2D eigenvalue weighted by molar-refractivity contribution is 0.172. The zero-order valence-electron chi connectivity index (χ0n) is 16.5. The summed E-state index contributed by atoms with van der Waals surface area (Å²) in [7, 11) is -1.93. The monoisotopic (exact) mass is 529 g/mol. The van der Waals surface area contributed by atoms with Gasteiger partial charge in [0, 0.05) is 46.3 Å². The van der Waals surface area contributed by atoms with Gasteiger partial charge in [0.1, 0.15) is 0 Å². The van der Waals surface area contributed by atoms with Crippen molar-refractivity contribution in [1.82, 2.24) is 15.1 Å². The Hall–Kier alpha value is -1.69. The van der Waals surface area contributed by atoms with E-state index in [9.17, 15) is 8.42 Å². The van der Waals surface area contributed by atoms with Crippen molar-refractivity contribution in [3.05, 3.63) is 65.7 Å². The molecule has 3 N–H and O–H groups in total. The highest BCUT2D eigenvalue weighted by atomic mass is 127. The summed E-state index contributed by atoms with van der Waals surface area (Å²) in [5.74, 6) is 0.820. The fourth-order valence-electron chi connectivity index (χ4n) is 3.31. The van der Waals surface area contributed by atoms with Crippen LogP contribution in [0.5, 0.6) is 0 Å². The Morgan fingerprint density at radius 1 is 1.03 bits per heavy atom. The normalized spacial score (nSPS) is 15.7. The minimum absolute atomic E-state index is 0. The standard InChI is InChI=1S/C20H27N5O2S.HI/c1-22-20(23-15-18-8-5-9-19(14-18)28(21,26)27)25-12-10-24(11-13-25)16-17-6-3-2-4-7-17;/h2-9,14H,10-13,15-16H2,1H3,(H,22,23)(H2,21,26,27);1H. The van der Waals surface area contributed by atoms with Gasteiger partial charge in [-0.3, -0.25) is 9.89 Å². The SMILES string of the molecule is CN=C(NCc1cccc(S(N)(=O)=O)c1)N1CCN(Cc2ccccc2)CC1.I. The van der Waals surface area contributed by atoms with Gasteiger partial charge in [0.25, 0.3) is 0 Å². The van der Waals surface area contributed by atoms with Crippen LogP contribution in [0.2, 0.25) is 0 Å². The Balaban J connectivity index is 0.00000300. The van der Waals surface area contributed by atoms with Crippen LogP contribution in [0.3, 0.4) is 0 Å². The van der Waals surface area contributed by atoms with Crippen molar-refractivity contribution in [3.63, 3.8) is 0 Å². The molecule has 2 aromatic carbocycles. The van der Waals surface area contributed by atoms with E-state index in [1.165, 1.54) is 11.6 Å². The highest BCUT2D eigenvalue weighted by Crippen LogP contribution is 2.11. The third-order valence-corrected chi connectivity index (χ3v) is 5.72. The smallest absolute Gasteiger partial charge is 0.238 e. The molecule has 0 spiro atoms. The van der Waals surface area contributed by atoms with Crippen molar-refractivity contribution in [2.75, 3.05) is 33.2 Å². The molecular formula is C20H28IN5O2S. The Kier molecular flexibility index (Phi) is 8.87. The molecule has 1 fully saturated rings. The quantitative estimate of drug-likeness (QED) is 0.351. The van der Waals surface area contributed by atoms with E-state index in [1.54, 1.807) is 19.2 Å². The molecule has 0 amide bonds. The van der Waals surface area contributed by atoms with Gasteiger partial charge in [-0.2, -0.15) is 0 Å². The summed E-state index contributed by atoms with van der Waals surface area (Å²) < 4.78 is 23.0. The van der Waals surface area contributed by atoms with Gasteiger partial charge in [-0.1, -0.05) is 42.5 Å². The summed E-state index contributed by atoms with van der Waals surface area (Å²) in [4.78, 5) is 9.16. The summed E-state index contributed by atoms with van der Waals surface area (Å²) >= 11 is 0. The number of guanidine groups is 1. The molecule has 1 saturated heterocycles. The number of rotatable bonds is 5. The van der Waals surface area contributed by atoms with E-state index in [-0.39, 0.29) is 28.9 Å². The van der Waals surface area contributed by atoms with Crippen LogP contribution in [-0.4, -0.2) is 57.4 Å². The Morgan fingerprint density at radius 2 is 1.69 bits per heavy atom. The minimum atomic E-state index is -3.70. The van der Waals surface area contributed by atoms with E-state index < -0.39 is 10.0 Å². The molecule has 3 rings (SSSR count). The Morgan fingerprint density at radius 3 is 2.31 bits per heavy atom. The third-order valence-electron chi connectivity index (χ3n) is 4.81. The van der Waals surface area contributed by atoms with Gasteiger partial charge >= 0.3 is 0 Å². The Bertz CT molecular complexity index is 913. The predicted molar refractivity (Wildman–Crippen MR) is 127 cm³/mol. The lowest BCUT2D eigenvalue weighted by atomic mass is 10.2. The lowest BCUT2D eigenvalue weighted by Gasteiger charge is -2.36. The zero-order chi connectivity index (χ0) is 20.0. The maximum atomic E-state index is 11.5. The molecule has 1 aliphatic heterocycles.